The number of hydrogen-bond acceptors (Lipinski definition) is 1. The summed E-state index contributed by atoms with van der Waals surface area (Å²) >= 11 is 0. The minimum Gasteiger partial charge on any atom is -0.0654 e. The highest BCUT2D eigenvalue weighted by Gasteiger charge is 1.88. The molecule has 0 heterocycles. The quantitative estimate of drug-likeness (QED) is 0.316. The molecule has 0 aromatic heterocycles. The third-order valence-electron chi connectivity index (χ3n) is 1.26. The largest absolute Gasteiger partial charge is 0.338 e. The van der Waals surface area contributed by atoms with Crippen molar-refractivity contribution in [1.29, 1.82) is 0 Å². The summed E-state index contributed by atoms with van der Waals surface area (Å²) in [7, 11) is 0. The standard InChI is InChI=1S/C7H14NO/c1-2-3-4-5-6-7-8-9/h7H,2-6H2,1H3/q+1. The molecule has 0 saturated carbocycles. The van der Waals surface area contributed by atoms with E-state index >= 15 is 0 Å². The Labute approximate surface area is 56.0 Å². The summed E-state index contributed by atoms with van der Waals surface area (Å²) < 4.78 is 0. The summed E-state index contributed by atoms with van der Waals surface area (Å²) in [5.41, 5.74) is 0. The van der Waals surface area contributed by atoms with Crippen LogP contribution in [0.3, 0.4) is 0 Å². The average Bonchev–Trinajstić information content (AvgIpc) is 1.89. The van der Waals surface area contributed by atoms with Gasteiger partial charge in [0, 0.05) is 6.42 Å². The lowest BCUT2D eigenvalue weighted by molar-refractivity contribution is 0.685. The van der Waals surface area contributed by atoms with E-state index in [1.807, 2.05) is 0 Å². The number of rotatable bonds is 5. The second kappa shape index (κ2) is 7.38. The fraction of sp³-hybridized carbons (Fsp3) is 0.857. The van der Waals surface area contributed by atoms with Crippen molar-refractivity contribution < 1.29 is 0 Å². The maximum absolute atomic E-state index is 9.53. The first-order chi connectivity index (χ1) is 4.41. The Kier molecular flexibility index (Phi) is 6.87. The highest BCUT2D eigenvalue weighted by atomic mass is 16.2. The van der Waals surface area contributed by atoms with Gasteiger partial charge in [0.1, 0.15) is 0 Å². The van der Waals surface area contributed by atoms with Crippen molar-refractivity contribution in [2.24, 2.45) is 0 Å². The summed E-state index contributed by atoms with van der Waals surface area (Å²) in [5.74, 6) is 0. The lowest BCUT2D eigenvalue weighted by Gasteiger charge is -1.88. The highest BCUT2D eigenvalue weighted by Crippen LogP contribution is 1.99. The topological polar surface area (TPSA) is 31.2 Å². The minimum atomic E-state index is 0.851. The summed E-state index contributed by atoms with van der Waals surface area (Å²) in [6, 6.07) is 0. The van der Waals surface area contributed by atoms with E-state index in [1.165, 1.54) is 25.5 Å². The van der Waals surface area contributed by atoms with Gasteiger partial charge in [-0.3, -0.25) is 0 Å². The number of nitroso groups, excluding NO2 is 1. The number of hydrogen-bond donors (Lipinski definition) is 0. The van der Waals surface area contributed by atoms with Crippen molar-refractivity contribution in [1.82, 2.24) is 4.85 Å². The summed E-state index contributed by atoms with van der Waals surface area (Å²) in [6.45, 7) is 2.17. The Morgan fingerprint density at radius 3 is 2.67 bits per heavy atom. The third-order valence-corrected chi connectivity index (χ3v) is 1.26. The third kappa shape index (κ3) is 7.38. The molecule has 0 aliphatic rings. The first-order valence-electron chi connectivity index (χ1n) is 3.56. The van der Waals surface area contributed by atoms with E-state index < -0.39 is 0 Å². The molecule has 0 amide bonds. The molecule has 0 aliphatic carbocycles. The summed E-state index contributed by atoms with van der Waals surface area (Å²) in [5, 5.41) is 0. The maximum Gasteiger partial charge on any atom is 0.338 e. The summed E-state index contributed by atoms with van der Waals surface area (Å²) in [6.07, 6.45) is 7.14. The van der Waals surface area contributed by atoms with Gasteiger partial charge in [-0.05, 0) is 6.42 Å². The molecule has 0 aliphatic heterocycles. The molecule has 2 heteroatoms. The van der Waals surface area contributed by atoms with Crippen LogP contribution < -0.4 is 4.85 Å². The van der Waals surface area contributed by atoms with E-state index in [0.717, 1.165) is 12.8 Å². The Morgan fingerprint density at radius 1 is 1.33 bits per heavy atom. The highest BCUT2D eigenvalue weighted by molar-refractivity contribution is 5.54. The van der Waals surface area contributed by atoms with Crippen molar-refractivity contribution in [2.75, 3.05) is 0 Å². The molecule has 52 valence electrons. The van der Waals surface area contributed by atoms with Gasteiger partial charge in [0.25, 0.3) is 0 Å². The van der Waals surface area contributed by atoms with Crippen LogP contribution in [-0.2, 0) is 0 Å². The van der Waals surface area contributed by atoms with Crippen molar-refractivity contribution in [3.63, 3.8) is 0 Å². The monoisotopic (exact) mass is 128 g/mol. The SMILES string of the molecule is CCCCCCC=[N+]=O. The predicted octanol–water partition coefficient (Wildman–Crippen LogP) is 1.86. The fourth-order valence-electron chi connectivity index (χ4n) is 0.715. The molecule has 0 N–H and O–H groups in total. The van der Waals surface area contributed by atoms with Gasteiger partial charge in [0.05, 0.1) is 0 Å². The minimum absolute atomic E-state index is 0.851. The molecule has 0 aromatic rings. The van der Waals surface area contributed by atoms with Crippen LogP contribution in [0.2, 0.25) is 0 Å². The maximum atomic E-state index is 9.53. The van der Waals surface area contributed by atoms with Crippen molar-refractivity contribution in [3.05, 3.63) is 4.91 Å². The van der Waals surface area contributed by atoms with Gasteiger partial charge >= 0.3 is 6.21 Å². The lowest BCUT2D eigenvalue weighted by atomic mass is 10.2. The van der Waals surface area contributed by atoms with Gasteiger partial charge in [-0.2, -0.15) is 0 Å². The molecule has 0 bridgehead atoms. The van der Waals surface area contributed by atoms with E-state index in [2.05, 4.69) is 11.8 Å². The van der Waals surface area contributed by atoms with Crippen LogP contribution in [0.1, 0.15) is 39.0 Å². The van der Waals surface area contributed by atoms with Crippen molar-refractivity contribution in [3.8, 4) is 0 Å². The summed E-state index contributed by atoms with van der Waals surface area (Å²) in [4.78, 5) is 12.2. The second-order valence-electron chi connectivity index (χ2n) is 2.14. The molecule has 2 nitrogen and oxygen atoms in total. The predicted molar refractivity (Wildman–Crippen MR) is 40.3 cm³/mol. The van der Waals surface area contributed by atoms with Crippen LogP contribution in [-0.4, -0.2) is 6.21 Å². The Balaban J connectivity index is 2.82. The molecular weight excluding hydrogens is 114 g/mol. The van der Waals surface area contributed by atoms with Crippen LogP contribution in [0.5, 0.6) is 0 Å². The second-order valence-corrected chi connectivity index (χ2v) is 2.14. The average molecular weight is 128 g/mol. The van der Waals surface area contributed by atoms with Crippen LogP contribution in [0.15, 0.2) is 0 Å². The smallest absolute Gasteiger partial charge is 0.0654 e. The van der Waals surface area contributed by atoms with E-state index in [0.29, 0.717) is 0 Å². The number of nitrogens with zero attached hydrogens (tertiary/aromatic N) is 1. The zero-order chi connectivity index (χ0) is 6.95. The van der Waals surface area contributed by atoms with Gasteiger partial charge < -0.3 is 0 Å². The first-order valence-corrected chi connectivity index (χ1v) is 3.56. The van der Waals surface area contributed by atoms with Crippen LogP contribution in [0.25, 0.3) is 0 Å². The first kappa shape index (κ1) is 8.38. The Hall–Kier alpha value is -0.620. The molecule has 0 saturated heterocycles. The molecule has 0 spiro atoms. The van der Waals surface area contributed by atoms with E-state index in [4.69, 9.17) is 0 Å². The molecule has 0 fully saturated rings. The zero-order valence-electron chi connectivity index (χ0n) is 5.97. The molecular formula is C7H14NO+. The van der Waals surface area contributed by atoms with E-state index in [1.54, 1.807) is 0 Å². The normalized spacial score (nSPS) is 8.56. The van der Waals surface area contributed by atoms with Crippen LogP contribution >= 0.6 is 0 Å². The van der Waals surface area contributed by atoms with Gasteiger partial charge in [0.15, 0.2) is 4.91 Å². The van der Waals surface area contributed by atoms with E-state index in [9.17, 15) is 4.91 Å². The Morgan fingerprint density at radius 2 is 2.11 bits per heavy atom. The molecule has 0 rings (SSSR count). The van der Waals surface area contributed by atoms with Gasteiger partial charge in [-0.15, -0.1) is 0 Å². The zero-order valence-corrected chi connectivity index (χ0v) is 5.97. The van der Waals surface area contributed by atoms with Crippen LogP contribution in [0.4, 0.5) is 0 Å². The van der Waals surface area contributed by atoms with E-state index in [-0.39, 0.29) is 0 Å². The molecule has 0 atom stereocenters. The van der Waals surface area contributed by atoms with Crippen molar-refractivity contribution >= 4 is 6.21 Å². The van der Waals surface area contributed by atoms with Gasteiger partial charge in [-0.25, -0.2) is 0 Å². The van der Waals surface area contributed by atoms with Gasteiger partial charge in [0.2, 0.25) is 4.85 Å². The molecule has 0 unspecified atom stereocenters. The Bertz CT molecular complexity index is 95.1. The molecule has 0 radical (unpaired) electrons. The molecule has 9 heavy (non-hydrogen) atoms. The fourth-order valence-corrected chi connectivity index (χ4v) is 0.715. The lowest BCUT2D eigenvalue weighted by Crippen LogP contribution is -1.79. The van der Waals surface area contributed by atoms with Gasteiger partial charge in [-0.1, -0.05) is 26.2 Å². The molecule has 0 aromatic carbocycles. The van der Waals surface area contributed by atoms with Crippen LogP contribution in [0, 0.1) is 4.91 Å². The number of unbranched alkanes of at least 4 members (excludes halogenated alkanes) is 4. The van der Waals surface area contributed by atoms with Crippen molar-refractivity contribution in [2.45, 2.75) is 39.0 Å².